The quantitative estimate of drug-likeness (QED) is 0.349. The van der Waals surface area contributed by atoms with Gasteiger partial charge >= 0.3 is 5.97 Å². The van der Waals surface area contributed by atoms with E-state index in [2.05, 4.69) is 16.6 Å². The van der Waals surface area contributed by atoms with Crippen LogP contribution in [0.2, 0.25) is 0 Å². The highest BCUT2D eigenvalue weighted by Crippen LogP contribution is 2.39. The van der Waals surface area contributed by atoms with Crippen molar-refractivity contribution in [3.05, 3.63) is 102 Å². The average molecular weight is 431 g/mol. The molecule has 164 valence electrons. The Kier molecular flexibility index (Phi) is 8.02. The minimum absolute atomic E-state index is 0.150. The second kappa shape index (κ2) is 11.1. The lowest BCUT2D eigenvalue weighted by Gasteiger charge is -2.41. The number of nitrogens with one attached hydrogen (secondary N) is 2. The van der Waals surface area contributed by atoms with Crippen LogP contribution in [0.4, 0.5) is 10.1 Å². The maximum Gasteiger partial charge on any atom is 0.334 e. The van der Waals surface area contributed by atoms with Crippen molar-refractivity contribution in [1.29, 1.82) is 0 Å². The molecule has 0 heterocycles. The van der Waals surface area contributed by atoms with Crippen LogP contribution >= 0.6 is 0 Å². The minimum atomic E-state index is -1.32. The van der Waals surface area contributed by atoms with Gasteiger partial charge in [0.25, 0.3) is 0 Å². The fourth-order valence-corrected chi connectivity index (χ4v) is 3.72. The molecule has 0 aliphatic rings. The molecule has 0 unspecified atom stereocenters. The third-order valence-corrected chi connectivity index (χ3v) is 5.21. The summed E-state index contributed by atoms with van der Waals surface area (Å²) < 4.78 is 19.3. The Morgan fingerprint density at radius 3 is 2.25 bits per heavy atom. The molecule has 3 aromatic rings. The van der Waals surface area contributed by atoms with E-state index in [9.17, 15) is 9.18 Å². The summed E-state index contributed by atoms with van der Waals surface area (Å²) in [7, 11) is 0. The van der Waals surface area contributed by atoms with E-state index in [0.29, 0.717) is 12.1 Å². The van der Waals surface area contributed by atoms with Crippen molar-refractivity contribution < 1.29 is 13.9 Å². The van der Waals surface area contributed by atoms with Crippen molar-refractivity contribution >= 4 is 11.7 Å². The van der Waals surface area contributed by atoms with Gasteiger partial charge in [0.1, 0.15) is 5.82 Å². The van der Waals surface area contributed by atoms with Crippen LogP contribution < -0.4 is 10.6 Å². The summed E-state index contributed by atoms with van der Waals surface area (Å²) in [5.74, 6) is 1.51. The van der Waals surface area contributed by atoms with Crippen LogP contribution in [0, 0.1) is 18.2 Å². The molecule has 0 amide bonds. The monoisotopic (exact) mass is 430 g/mol. The van der Waals surface area contributed by atoms with Crippen LogP contribution in [-0.4, -0.2) is 19.1 Å². The second-order valence-corrected chi connectivity index (χ2v) is 7.38. The topological polar surface area (TPSA) is 50.4 Å². The Balaban J connectivity index is 2.23. The van der Waals surface area contributed by atoms with Gasteiger partial charge in [-0.05, 0) is 48.4 Å². The van der Waals surface area contributed by atoms with Crippen molar-refractivity contribution in [3.8, 4) is 12.3 Å². The molecule has 0 saturated heterocycles. The number of benzene rings is 3. The van der Waals surface area contributed by atoms with Gasteiger partial charge in [0, 0.05) is 5.69 Å². The lowest BCUT2D eigenvalue weighted by atomic mass is 9.78. The largest absolute Gasteiger partial charge is 0.451 e. The molecule has 0 aliphatic heterocycles. The van der Waals surface area contributed by atoms with Crippen molar-refractivity contribution in [2.24, 2.45) is 0 Å². The fraction of sp³-hybridized carbons (Fsp3) is 0.222. The molecule has 32 heavy (non-hydrogen) atoms. The van der Waals surface area contributed by atoms with E-state index in [0.717, 1.165) is 17.7 Å². The van der Waals surface area contributed by atoms with Crippen molar-refractivity contribution in [2.75, 3.05) is 18.5 Å². The van der Waals surface area contributed by atoms with Crippen molar-refractivity contribution in [3.63, 3.8) is 0 Å². The number of esters is 1. The summed E-state index contributed by atoms with van der Waals surface area (Å²) in [5.41, 5.74) is 0.931. The molecular formula is C27H27FN2O2. The zero-order chi connectivity index (χ0) is 22.8. The first kappa shape index (κ1) is 23.1. The van der Waals surface area contributed by atoms with Crippen LogP contribution in [-0.2, 0) is 15.1 Å². The van der Waals surface area contributed by atoms with Gasteiger partial charge in [0.15, 0.2) is 12.1 Å². The minimum Gasteiger partial charge on any atom is -0.451 e. The lowest BCUT2D eigenvalue weighted by Crippen LogP contribution is -2.56. The lowest BCUT2D eigenvalue weighted by molar-refractivity contribution is -0.151. The Morgan fingerprint density at radius 1 is 1.03 bits per heavy atom. The van der Waals surface area contributed by atoms with Crippen LogP contribution in [0.5, 0.6) is 0 Å². The first-order valence-electron chi connectivity index (χ1n) is 10.6. The standard InChI is InChI=1S/C27H27FN2O2/c1-3-19-29-27(26(31)32-20-4-2,22-11-7-5-8-12-22)25(21-15-17-23(28)18-16-21)30-24-13-9-6-10-14-24/h2,5-18,25,29-30H,3,19-20H2,1H3/t25-,27+/m0/s1. The van der Waals surface area contributed by atoms with E-state index < -0.39 is 17.6 Å². The molecule has 0 aromatic heterocycles. The second-order valence-electron chi connectivity index (χ2n) is 7.38. The van der Waals surface area contributed by atoms with Gasteiger partial charge in [-0.3, -0.25) is 5.32 Å². The molecule has 2 N–H and O–H groups in total. The van der Waals surface area contributed by atoms with Gasteiger partial charge in [-0.25, -0.2) is 9.18 Å². The highest BCUT2D eigenvalue weighted by atomic mass is 19.1. The molecule has 3 rings (SSSR count). The van der Waals surface area contributed by atoms with E-state index in [1.165, 1.54) is 12.1 Å². The third kappa shape index (κ3) is 5.16. The molecule has 3 aromatic carbocycles. The molecule has 0 saturated carbocycles. The molecule has 5 heteroatoms. The van der Waals surface area contributed by atoms with E-state index >= 15 is 0 Å². The SMILES string of the molecule is C#CCOC(=O)[C@@](NCCC)(c1ccccc1)[C@@H](Nc1ccccc1)c1ccc(F)cc1. The predicted octanol–water partition coefficient (Wildman–Crippen LogP) is 5.05. The Hall–Kier alpha value is -3.62. The van der Waals surface area contributed by atoms with Gasteiger partial charge < -0.3 is 10.1 Å². The number of hydrogen-bond acceptors (Lipinski definition) is 4. The first-order valence-corrected chi connectivity index (χ1v) is 10.6. The average Bonchev–Trinajstić information content (AvgIpc) is 2.84. The van der Waals surface area contributed by atoms with Gasteiger partial charge in [-0.1, -0.05) is 73.5 Å². The summed E-state index contributed by atoms with van der Waals surface area (Å²) in [6.07, 6.45) is 6.17. The Labute approximate surface area is 188 Å². The van der Waals surface area contributed by atoms with Crippen molar-refractivity contribution in [2.45, 2.75) is 24.9 Å². The van der Waals surface area contributed by atoms with Crippen LogP contribution in [0.25, 0.3) is 0 Å². The number of rotatable bonds is 10. The van der Waals surface area contributed by atoms with Crippen LogP contribution in [0.3, 0.4) is 0 Å². The Bertz CT molecular complexity index is 1030. The number of anilines is 1. The number of hydrogen-bond donors (Lipinski definition) is 2. The number of ether oxygens (including phenoxy) is 1. The summed E-state index contributed by atoms with van der Waals surface area (Å²) in [5, 5.41) is 6.92. The van der Waals surface area contributed by atoms with Gasteiger partial charge in [0.05, 0.1) is 6.04 Å². The number of carbonyl (C=O) groups is 1. The summed E-state index contributed by atoms with van der Waals surface area (Å²) >= 11 is 0. The third-order valence-electron chi connectivity index (χ3n) is 5.21. The normalized spacial score (nSPS) is 13.4. The molecule has 0 radical (unpaired) electrons. The predicted molar refractivity (Wildman–Crippen MR) is 125 cm³/mol. The van der Waals surface area contributed by atoms with Crippen LogP contribution in [0.15, 0.2) is 84.9 Å². The summed E-state index contributed by atoms with van der Waals surface area (Å²) in [4.78, 5) is 13.7. The van der Waals surface area contributed by atoms with E-state index in [-0.39, 0.29) is 12.4 Å². The molecule has 2 atom stereocenters. The molecule has 0 spiro atoms. The van der Waals surface area contributed by atoms with Gasteiger partial charge in [-0.2, -0.15) is 0 Å². The van der Waals surface area contributed by atoms with E-state index in [1.807, 2.05) is 67.6 Å². The van der Waals surface area contributed by atoms with Gasteiger partial charge in [-0.15, -0.1) is 6.42 Å². The molecule has 0 aliphatic carbocycles. The highest BCUT2D eigenvalue weighted by Gasteiger charge is 2.49. The van der Waals surface area contributed by atoms with E-state index in [1.54, 1.807) is 12.1 Å². The summed E-state index contributed by atoms with van der Waals surface area (Å²) in [6, 6.07) is 24.5. The summed E-state index contributed by atoms with van der Waals surface area (Å²) in [6.45, 7) is 2.42. The number of para-hydroxylation sites is 1. The maximum absolute atomic E-state index is 13.8. The smallest absolute Gasteiger partial charge is 0.334 e. The zero-order valence-corrected chi connectivity index (χ0v) is 18.1. The number of terminal acetylenes is 1. The highest BCUT2D eigenvalue weighted by molar-refractivity contribution is 5.85. The molecule has 4 nitrogen and oxygen atoms in total. The fourth-order valence-electron chi connectivity index (χ4n) is 3.72. The zero-order valence-electron chi connectivity index (χ0n) is 18.1. The Morgan fingerprint density at radius 2 is 1.66 bits per heavy atom. The van der Waals surface area contributed by atoms with Gasteiger partial charge in [0.2, 0.25) is 0 Å². The first-order chi connectivity index (χ1) is 15.6. The molecular weight excluding hydrogens is 403 g/mol. The number of carbonyl (C=O) groups excluding carboxylic acids is 1. The molecule has 0 bridgehead atoms. The van der Waals surface area contributed by atoms with E-state index in [4.69, 9.17) is 11.2 Å². The molecule has 0 fully saturated rings. The van der Waals surface area contributed by atoms with Crippen molar-refractivity contribution in [1.82, 2.24) is 5.32 Å². The van der Waals surface area contributed by atoms with Crippen LogP contribution in [0.1, 0.15) is 30.5 Å². The number of halogens is 1. The maximum atomic E-state index is 13.8.